The van der Waals surface area contributed by atoms with E-state index in [1.807, 2.05) is 0 Å². The minimum Gasteiger partial charge on any atom is -0.448 e. The third-order valence-electron chi connectivity index (χ3n) is 4.23. The van der Waals surface area contributed by atoms with Gasteiger partial charge in [-0.05, 0) is 49.4 Å². The number of ether oxygens (including phenoxy) is 1. The van der Waals surface area contributed by atoms with Gasteiger partial charge in [0.1, 0.15) is 10.7 Å². The number of hydrogen-bond acceptors (Lipinski definition) is 4. The van der Waals surface area contributed by atoms with Crippen LogP contribution in [0.25, 0.3) is 10.1 Å². The lowest BCUT2D eigenvalue weighted by Gasteiger charge is -2.23. The summed E-state index contributed by atoms with van der Waals surface area (Å²) in [7, 11) is 0. The summed E-state index contributed by atoms with van der Waals surface area (Å²) in [6, 6.07) is 5.99. The molecule has 1 aliphatic heterocycles. The molecule has 1 saturated heterocycles. The van der Waals surface area contributed by atoms with Crippen LogP contribution in [0.1, 0.15) is 42.3 Å². The summed E-state index contributed by atoms with van der Waals surface area (Å²) in [6.45, 7) is 3.06. The Bertz CT molecular complexity index is 750. The third kappa shape index (κ3) is 3.75. The van der Waals surface area contributed by atoms with E-state index in [9.17, 15) is 14.0 Å². The molecule has 0 unspecified atom stereocenters. The van der Waals surface area contributed by atoms with Gasteiger partial charge >= 0.3 is 5.97 Å². The van der Waals surface area contributed by atoms with E-state index in [1.165, 1.54) is 23.5 Å². The number of rotatable bonds is 3. The Hall–Kier alpha value is -1.95. The molecular weight excluding hydrogens is 329 g/mol. The largest absolute Gasteiger partial charge is 0.448 e. The lowest BCUT2D eigenvalue weighted by atomic mass is 10.2. The van der Waals surface area contributed by atoms with Crippen LogP contribution in [0.15, 0.2) is 24.3 Å². The first-order valence-corrected chi connectivity index (χ1v) is 9.05. The second-order valence-electron chi connectivity index (χ2n) is 6.08. The average molecular weight is 349 g/mol. The number of esters is 1. The van der Waals surface area contributed by atoms with Gasteiger partial charge < -0.3 is 9.64 Å². The maximum Gasteiger partial charge on any atom is 0.349 e. The number of thiophene rings is 1. The van der Waals surface area contributed by atoms with Crippen LogP contribution in [0.4, 0.5) is 4.39 Å². The SMILES string of the molecule is C[C@@H](OC(=O)c1cc2cc(F)ccc2s1)C(=O)N1CCCCCC1. The highest BCUT2D eigenvalue weighted by molar-refractivity contribution is 7.20. The second-order valence-corrected chi connectivity index (χ2v) is 7.16. The van der Waals surface area contributed by atoms with Gasteiger partial charge in [-0.3, -0.25) is 4.79 Å². The van der Waals surface area contributed by atoms with Crippen molar-refractivity contribution in [3.05, 3.63) is 35.0 Å². The van der Waals surface area contributed by atoms with Gasteiger partial charge in [0.2, 0.25) is 0 Å². The van der Waals surface area contributed by atoms with Gasteiger partial charge in [-0.1, -0.05) is 12.8 Å². The van der Waals surface area contributed by atoms with E-state index in [1.54, 1.807) is 24.0 Å². The summed E-state index contributed by atoms with van der Waals surface area (Å²) in [5.41, 5.74) is 0. The van der Waals surface area contributed by atoms with Crippen molar-refractivity contribution in [2.24, 2.45) is 0 Å². The molecule has 0 saturated carbocycles. The molecule has 1 atom stereocenters. The molecule has 24 heavy (non-hydrogen) atoms. The summed E-state index contributed by atoms with van der Waals surface area (Å²) in [5, 5.41) is 0.665. The van der Waals surface area contributed by atoms with E-state index in [0.717, 1.165) is 43.5 Å². The predicted molar refractivity (Wildman–Crippen MR) is 91.7 cm³/mol. The number of halogens is 1. The fourth-order valence-corrected chi connectivity index (χ4v) is 3.86. The second kappa shape index (κ2) is 7.30. The Morgan fingerprint density at radius 1 is 1.17 bits per heavy atom. The molecule has 2 aromatic rings. The molecule has 1 aromatic carbocycles. The van der Waals surface area contributed by atoms with Crippen molar-refractivity contribution in [2.75, 3.05) is 13.1 Å². The van der Waals surface area contributed by atoms with Crippen LogP contribution in [0.2, 0.25) is 0 Å². The fourth-order valence-electron chi connectivity index (χ4n) is 2.93. The van der Waals surface area contributed by atoms with Crippen molar-refractivity contribution >= 4 is 33.3 Å². The Morgan fingerprint density at radius 3 is 2.58 bits per heavy atom. The van der Waals surface area contributed by atoms with Crippen LogP contribution in [-0.4, -0.2) is 36.0 Å². The number of fused-ring (bicyclic) bond motifs is 1. The monoisotopic (exact) mass is 349 g/mol. The predicted octanol–water partition coefficient (Wildman–Crippen LogP) is 3.99. The first-order chi connectivity index (χ1) is 11.5. The van der Waals surface area contributed by atoms with Gasteiger partial charge in [0, 0.05) is 17.8 Å². The van der Waals surface area contributed by atoms with Crippen molar-refractivity contribution in [3.63, 3.8) is 0 Å². The molecule has 0 bridgehead atoms. The quantitative estimate of drug-likeness (QED) is 0.787. The van der Waals surface area contributed by atoms with Crippen LogP contribution in [-0.2, 0) is 9.53 Å². The molecule has 0 radical (unpaired) electrons. The molecule has 0 aliphatic carbocycles. The number of benzene rings is 1. The maximum atomic E-state index is 13.2. The van der Waals surface area contributed by atoms with Crippen LogP contribution in [0.3, 0.4) is 0 Å². The molecule has 4 nitrogen and oxygen atoms in total. The van der Waals surface area contributed by atoms with E-state index >= 15 is 0 Å². The van der Waals surface area contributed by atoms with E-state index in [4.69, 9.17) is 4.74 Å². The number of nitrogens with zero attached hydrogens (tertiary/aromatic N) is 1. The van der Waals surface area contributed by atoms with Crippen molar-refractivity contribution in [2.45, 2.75) is 38.7 Å². The Labute approximate surface area is 144 Å². The van der Waals surface area contributed by atoms with Gasteiger partial charge in [-0.15, -0.1) is 11.3 Å². The highest BCUT2D eigenvalue weighted by atomic mass is 32.1. The molecule has 2 heterocycles. The lowest BCUT2D eigenvalue weighted by molar-refractivity contribution is -0.139. The van der Waals surface area contributed by atoms with Crippen molar-refractivity contribution in [1.82, 2.24) is 4.90 Å². The van der Waals surface area contributed by atoms with Crippen molar-refractivity contribution < 1.29 is 18.7 Å². The van der Waals surface area contributed by atoms with Crippen LogP contribution >= 0.6 is 11.3 Å². The van der Waals surface area contributed by atoms with Crippen LogP contribution in [0, 0.1) is 5.82 Å². The van der Waals surface area contributed by atoms with E-state index in [2.05, 4.69) is 0 Å². The molecular formula is C18H20FNO3S. The molecule has 6 heteroatoms. The van der Waals surface area contributed by atoms with Gasteiger partial charge in [0.05, 0.1) is 0 Å². The number of carbonyl (C=O) groups is 2. The Balaban J connectivity index is 1.67. The summed E-state index contributed by atoms with van der Waals surface area (Å²) in [4.78, 5) is 26.9. The van der Waals surface area contributed by atoms with Crippen molar-refractivity contribution in [1.29, 1.82) is 0 Å². The molecule has 1 aromatic heterocycles. The zero-order valence-corrected chi connectivity index (χ0v) is 14.4. The minimum atomic E-state index is -0.808. The number of likely N-dealkylation sites (tertiary alicyclic amines) is 1. The Morgan fingerprint density at radius 2 is 1.88 bits per heavy atom. The van der Waals surface area contributed by atoms with Gasteiger partial charge in [0.15, 0.2) is 6.10 Å². The lowest BCUT2D eigenvalue weighted by Crippen LogP contribution is -2.40. The first-order valence-electron chi connectivity index (χ1n) is 8.23. The number of amides is 1. The van der Waals surface area contributed by atoms with Crippen LogP contribution < -0.4 is 0 Å². The number of hydrogen-bond donors (Lipinski definition) is 0. The summed E-state index contributed by atoms with van der Waals surface area (Å²) in [6.07, 6.45) is 3.45. The zero-order chi connectivity index (χ0) is 17.1. The number of carbonyl (C=O) groups excluding carboxylic acids is 2. The standard InChI is InChI=1S/C18H20FNO3S/c1-12(17(21)20-8-4-2-3-5-9-20)23-18(22)16-11-13-10-14(19)6-7-15(13)24-16/h6-7,10-12H,2-5,8-9H2,1H3/t12-/m1/s1. The minimum absolute atomic E-state index is 0.141. The van der Waals surface area contributed by atoms with E-state index in [0.29, 0.717) is 10.3 Å². The van der Waals surface area contributed by atoms with Crippen LogP contribution in [0.5, 0.6) is 0 Å². The summed E-state index contributed by atoms with van der Waals surface area (Å²) in [5.74, 6) is -1.02. The maximum absolute atomic E-state index is 13.2. The molecule has 0 spiro atoms. The smallest absolute Gasteiger partial charge is 0.349 e. The van der Waals surface area contributed by atoms with Gasteiger partial charge in [-0.2, -0.15) is 0 Å². The molecule has 0 N–H and O–H groups in total. The zero-order valence-electron chi connectivity index (χ0n) is 13.6. The van der Waals surface area contributed by atoms with Gasteiger partial charge in [-0.25, -0.2) is 9.18 Å². The normalized spacial score (nSPS) is 16.7. The van der Waals surface area contributed by atoms with Crippen molar-refractivity contribution in [3.8, 4) is 0 Å². The Kier molecular flexibility index (Phi) is 5.14. The topological polar surface area (TPSA) is 46.6 Å². The summed E-state index contributed by atoms with van der Waals surface area (Å²) >= 11 is 1.24. The molecule has 1 aliphatic rings. The molecule has 1 amide bonds. The molecule has 3 rings (SSSR count). The highest BCUT2D eigenvalue weighted by Crippen LogP contribution is 2.27. The van der Waals surface area contributed by atoms with E-state index in [-0.39, 0.29) is 11.7 Å². The summed E-state index contributed by atoms with van der Waals surface area (Å²) < 4.78 is 19.4. The highest BCUT2D eigenvalue weighted by Gasteiger charge is 2.25. The fraction of sp³-hybridized carbons (Fsp3) is 0.444. The molecule has 1 fully saturated rings. The van der Waals surface area contributed by atoms with Gasteiger partial charge in [0.25, 0.3) is 5.91 Å². The molecule has 128 valence electrons. The van der Waals surface area contributed by atoms with E-state index < -0.39 is 12.1 Å². The average Bonchev–Trinajstić information content (AvgIpc) is 2.79. The first kappa shape index (κ1) is 16.9. The third-order valence-corrected chi connectivity index (χ3v) is 5.32.